The van der Waals surface area contributed by atoms with Crippen LogP contribution in [-0.4, -0.2) is 52.7 Å². The molecule has 5 aromatic rings. The number of benzene rings is 3. The number of hydrogen-bond donors (Lipinski definition) is 0. The van der Waals surface area contributed by atoms with E-state index in [0.29, 0.717) is 0 Å². The van der Waals surface area contributed by atoms with Gasteiger partial charge in [-0.3, -0.25) is 9.55 Å². The van der Waals surface area contributed by atoms with Crippen molar-refractivity contribution in [3.05, 3.63) is 85.3 Å². The van der Waals surface area contributed by atoms with Gasteiger partial charge >= 0.3 is 0 Å². The maximum atomic E-state index is 4.65. The van der Waals surface area contributed by atoms with Crippen molar-refractivity contribution < 1.29 is 0 Å². The van der Waals surface area contributed by atoms with E-state index >= 15 is 0 Å². The van der Waals surface area contributed by atoms with Gasteiger partial charge in [-0.15, -0.1) is 0 Å². The number of piperazine rings is 1. The summed E-state index contributed by atoms with van der Waals surface area (Å²) in [6.45, 7) is 4.36. The van der Waals surface area contributed by atoms with E-state index in [1.807, 2.05) is 18.6 Å². The number of pyridine rings is 1. The van der Waals surface area contributed by atoms with Crippen LogP contribution in [0.3, 0.4) is 0 Å². The van der Waals surface area contributed by atoms with E-state index in [1.165, 1.54) is 16.8 Å². The molecule has 0 aliphatic carbocycles. The highest BCUT2D eigenvalue weighted by molar-refractivity contribution is 6.04. The minimum Gasteiger partial charge on any atom is -0.369 e. The van der Waals surface area contributed by atoms with Crippen molar-refractivity contribution in [3.63, 3.8) is 0 Å². The summed E-state index contributed by atoms with van der Waals surface area (Å²) in [5.41, 5.74) is 7.77. The van der Waals surface area contributed by atoms with Gasteiger partial charge in [0.15, 0.2) is 0 Å². The molecule has 1 saturated heterocycles. The summed E-state index contributed by atoms with van der Waals surface area (Å²) in [5.74, 6) is 0. The highest BCUT2D eigenvalue weighted by Crippen LogP contribution is 2.30. The molecule has 0 amide bonds. The van der Waals surface area contributed by atoms with E-state index in [4.69, 9.17) is 0 Å². The van der Waals surface area contributed by atoms with Gasteiger partial charge in [0.05, 0.1) is 17.2 Å². The van der Waals surface area contributed by atoms with Gasteiger partial charge in [-0.2, -0.15) is 0 Å². The standard InChI is InChI=1S/C27H25N5/c1-30-13-15-31(16-14-30)22-8-10-23(11-9-22)32-19-29-26-18-28-25-12-7-21(17-24(25)27(26)32)20-5-3-2-4-6-20/h2-12,17-19H,13-16H2,1H3. The zero-order valence-corrected chi connectivity index (χ0v) is 18.1. The Morgan fingerprint density at radius 3 is 2.22 bits per heavy atom. The molecule has 0 N–H and O–H groups in total. The van der Waals surface area contributed by atoms with Crippen LogP contribution >= 0.6 is 0 Å². The molecule has 6 rings (SSSR count). The largest absolute Gasteiger partial charge is 0.369 e. The van der Waals surface area contributed by atoms with Crippen LogP contribution in [0.15, 0.2) is 85.3 Å². The SMILES string of the molecule is CN1CCN(c2ccc(-n3cnc4cnc5ccc(-c6ccccc6)cc5c43)cc2)CC1. The van der Waals surface area contributed by atoms with E-state index in [0.717, 1.165) is 53.8 Å². The van der Waals surface area contributed by atoms with Gasteiger partial charge in [-0.1, -0.05) is 36.4 Å². The number of hydrogen-bond acceptors (Lipinski definition) is 4. The predicted octanol–water partition coefficient (Wildman–Crippen LogP) is 4.99. The summed E-state index contributed by atoms with van der Waals surface area (Å²) in [5, 5.41) is 1.12. The Kier molecular flexibility index (Phi) is 4.62. The number of nitrogens with zero attached hydrogens (tertiary/aromatic N) is 5. The van der Waals surface area contributed by atoms with Crippen LogP contribution in [0.1, 0.15) is 0 Å². The molecule has 1 aliphatic heterocycles. The Bertz CT molecular complexity index is 1380. The fourth-order valence-corrected chi connectivity index (χ4v) is 4.59. The topological polar surface area (TPSA) is 37.2 Å². The average Bonchev–Trinajstić information content (AvgIpc) is 3.30. The highest BCUT2D eigenvalue weighted by Gasteiger charge is 2.15. The zero-order valence-electron chi connectivity index (χ0n) is 18.1. The van der Waals surface area contributed by atoms with Crippen molar-refractivity contribution in [1.29, 1.82) is 0 Å². The van der Waals surface area contributed by atoms with Gasteiger partial charge in [0.1, 0.15) is 11.8 Å². The number of fused-ring (bicyclic) bond motifs is 3. The summed E-state index contributed by atoms with van der Waals surface area (Å²) < 4.78 is 2.18. The fraction of sp³-hybridized carbons (Fsp3) is 0.185. The van der Waals surface area contributed by atoms with Crippen LogP contribution in [-0.2, 0) is 0 Å². The van der Waals surface area contributed by atoms with E-state index in [1.54, 1.807) is 0 Å². The third-order valence-electron chi connectivity index (χ3n) is 6.48. The number of anilines is 1. The molecule has 5 heteroatoms. The maximum absolute atomic E-state index is 4.65. The maximum Gasteiger partial charge on any atom is 0.108 e. The third kappa shape index (κ3) is 3.31. The lowest BCUT2D eigenvalue weighted by atomic mass is 10.0. The Morgan fingerprint density at radius 1 is 0.688 bits per heavy atom. The quantitative estimate of drug-likeness (QED) is 0.413. The van der Waals surface area contributed by atoms with Crippen LogP contribution in [0, 0.1) is 0 Å². The zero-order chi connectivity index (χ0) is 21.5. The Morgan fingerprint density at radius 2 is 1.44 bits per heavy atom. The van der Waals surface area contributed by atoms with Crippen molar-refractivity contribution in [3.8, 4) is 16.8 Å². The molecule has 5 nitrogen and oxygen atoms in total. The van der Waals surface area contributed by atoms with Crippen LogP contribution in [0.4, 0.5) is 5.69 Å². The summed E-state index contributed by atoms with van der Waals surface area (Å²) in [6.07, 6.45) is 3.78. The van der Waals surface area contributed by atoms with Gasteiger partial charge in [-0.05, 0) is 54.6 Å². The summed E-state index contributed by atoms with van der Waals surface area (Å²) in [7, 11) is 2.19. The Balaban J connectivity index is 1.43. The first kappa shape index (κ1) is 19.0. The van der Waals surface area contributed by atoms with Crippen molar-refractivity contribution in [1.82, 2.24) is 19.4 Å². The molecule has 3 aromatic carbocycles. The smallest absolute Gasteiger partial charge is 0.108 e. The fourth-order valence-electron chi connectivity index (χ4n) is 4.59. The van der Waals surface area contributed by atoms with E-state index < -0.39 is 0 Å². The molecule has 158 valence electrons. The lowest BCUT2D eigenvalue weighted by Gasteiger charge is -2.34. The first-order valence-electron chi connectivity index (χ1n) is 11.1. The second-order valence-electron chi connectivity index (χ2n) is 8.51. The lowest BCUT2D eigenvalue weighted by molar-refractivity contribution is 0.313. The molecule has 3 heterocycles. The van der Waals surface area contributed by atoms with Gasteiger partial charge in [0, 0.05) is 42.9 Å². The molecule has 0 saturated carbocycles. The molecule has 0 atom stereocenters. The second kappa shape index (κ2) is 7.77. The summed E-state index contributed by atoms with van der Waals surface area (Å²) in [6, 6.07) is 25.8. The number of imidazole rings is 1. The average molecular weight is 420 g/mol. The van der Waals surface area contributed by atoms with Crippen LogP contribution < -0.4 is 4.90 Å². The van der Waals surface area contributed by atoms with Gasteiger partial charge in [-0.25, -0.2) is 4.98 Å². The number of rotatable bonds is 3. The molecule has 0 bridgehead atoms. The Hall–Kier alpha value is -3.70. The van der Waals surface area contributed by atoms with Crippen molar-refractivity contribution in [2.75, 3.05) is 38.1 Å². The molecule has 1 fully saturated rings. The second-order valence-corrected chi connectivity index (χ2v) is 8.51. The molecule has 0 radical (unpaired) electrons. The highest BCUT2D eigenvalue weighted by atomic mass is 15.2. The van der Waals surface area contributed by atoms with Crippen molar-refractivity contribution in [2.24, 2.45) is 0 Å². The van der Waals surface area contributed by atoms with Crippen LogP contribution in [0.5, 0.6) is 0 Å². The molecule has 1 aliphatic rings. The minimum atomic E-state index is 0.908. The Labute approximate surface area is 187 Å². The summed E-state index contributed by atoms with van der Waals surface area (Å²) in [4.78, 5) is 14.1. The van der Waals surface area contributed by atoms with Gasteiger partial charge < -0.3 is 9.80 Å². The molecule has 0 unspecified atom stereocenters. The monoisotopic (exact) mass is 419 g/mol. The van der Waals surface area contributed by atoms with Gasteiger partial charge in [0.2, 0.25) is 0 Å². The molecule has 2 aromatic heterocycles. The lowest BCUT2D eigenvalue weighted by Crippen LogP contribution is -2.44. The molecular formula is C27H25N5. The molecule has 0 spiro atoms. The number of aromatic nitrogens is 3. The van der Waals surface area contributed by atoms with Gasteiger partial charge in [0.25, 0.3) is 0 Å². The summed E-state index contributed by atoms with van der Waals surface area (Å²) >= 11 is 0. The minimum absolute atomic E-state index is 0.908. The van der Waals surface area contributed by atoms with Crippen LogP contribution in [0.2, 0.25) is 0 Å². The van der Waals surface area contributed by atoms with Crippen molar-refractivity contribution >= 4 is 27.6 Å². The first-order chi connectivity index (χ1) is 15.8. The normalized spacial score (nSPS) is 15.0. The van der Waals surface area contributed by atoms with Crippen molar-refractivity contribution in [2.45, 2.75) is 0 Å². The van der Waals surface area contributed by atoms with E-state index in [9.17, 15) is 0 Å². The molecule has 32 heavy (non-hydrogen) atoms. The van der Waals surface area contributed by atoms with Crippen LogP contribution in [0.25, 0.3) is 38.8 Å². The molecular weight excluding hydrogens is 394 g/mol. The first-order valence-corrected chi connectivity index (χ1v) is 11.1. The third-order valence-corrected chi connectivity index (χ3v) is 6.48. The predicted molar refractivity (Wildman–Crippen MR) is 132 cm³/mol. The van der Waals surface area contributed by atoms with E-state index in [-0.39, 0.29) is 0 Å². The number of likely N-dealkylation sites (N-methyl/N-ethyl adjacent to an activating group) is 1. The van der Waals surface area contributed by atoms with E-state index in [2.05, 4.69) is 98.1 Å².